The summed E-state index contributed by atoms with van der Waals surface area (Å²) < 4.78 is 0. The third-order valence-corrected chi connectivity index (χ3v) is 3.78. The summed E-state index contributed by atoms with van der Waals surface area (Å²) in [6.45, 7) is 1.65. The highest BCUT2D eigenvalue weighted by Gasteiger charge is 2.27. The minimum absolute atomic E-state index is 0.197. The lowest BCUT2D eigenvalue weighted by Gasteiger charge is -2.17. The van der Waals surface area contributed by atoms with Gasteiger partial charge in [-0.1, -0.05) is 12.8 Å². The van der Waals surface area contributed by atoms with Gasteiger partial charge in [0.2, 0.25) is 5.91 Å². The van der Waals surface area contributed by atoms with Crippen molar-refractivity contribution in [2.75, 3.05) is 13.1 Å². The molecule has 0 aromatic heterocycles. The number of carbonyl (C=O) groups excluding carboxylic acids is 1. The second-order valence-corrected chi connectivity index (χ2v) is 5.20. The monoisotopic (exact) mass is 215 g/mol. The van der Waals surface area contributed by atoms with Gasteiger partial charge < -0.3 is 4.90 Å². The maximum absolute atomic E-state index is 11.8. The Kier molecular flexibility index (Phi) is 3.32. The van der Waals surface area contributed by atoms with Crippen molar-refractivity contribution in [3.8, 4) is 0 Å². The number of carbonyl (C=O) groups is 1. The van der Waals surface area contributed by atoms with Crippen LogP contribution in [-0.2, 0) is 4.79 Å². The van der Waals surface area contributed by atoms with Crippen molar-refractivity contribution in [3.63, 3.8) is 0 Å². The van der Waals surface area contributed by atoms with E-state index in [9.17, 15) is 4.79 Å². The van der Waals surface area contributed by atoms with E-state index >= 15 is 0 Å². The quantitative estimate of drug-likeness (QED) is 0.648. The Hall–Kier alpha value is -0.240. The summed E-state index contributed by atoms with van der Waals surface area (Å²) in [7, 11) is 0. The zero-order valence-electron chi connectivity index (χ0n) is 8.54. The number of rotatable bonds is 2. The number of hydrogen-bond acceptors (Lipinski definition) is 1. The van der Waals surface area contributed by atoms with E-state index in [4.69, 9.17) is 11.6 Å². The molecule has 1 amide bonds. The van der Waals surface area contributed by atoms with Gasteiger partial charge in [0.25, 0.3) is 0 Å². The molecule has 0 spiro atoms. The van der Waals surface area contributed by atoms with Gasteiger partial charge in [-0.2, -0.15) is 0 Å². The van der Waals surface area contributed by atoms with E-state index in [0.717, 1.165) is 25.9 Å². The summed E-state index contributed by atoms with van der Waals surface area (Å²) in [6, 6.07) is 0. The molecule has 1 saturated carbocycles. The first-order chi connectivity index (χ1) is 6.75. The van der Waals surface area contributed by atoms with Crippen LogP contribution in [0.3, 0.4) is 0 Å². The maximum atomic E-state index is 11.8. The van der Waals surface area contributed by atoms with Crippen molar-refractivity contribution in [2.24, 2.45) is 5.92 Å². The summed E-state index contributed by atoms with van der Waals surface area (Å²) in [5, 5.41) is 0.197. The van der Waals surface area contributed by atoms with E-state index in [2.05, 4.69) is 0 Å². The third kappa shape index (κ3) is 2.41. The highest BCUT2D eigenvalue weighted by Crippen LogP contribution is 2.28. The standard InChI is InChI=1S/C11H18ClNO/c12-10-5-6-13(8-10)11(14)7-9-3-1-2-4-9/h9-10H,1-8H2. The molecule has 1 unspecified atom stereocenters. The van der Waals surface area contributed by atoms with Crippen LogP contribution in [-0.4, -0.2) is 29.3 Å². The van der Waals surface area contributed by atoms with Gasteiger partial charge in [0, 0.05) is 19.5 Å². The Morgan fingerprint density at radius 1 is 1.29 bits per heavy atom. The van der Waals surface area contributed by atoms with Gasteiger partial charge in [0.05, 0.1) is 5.38 Å². The summed E-state index contributed by atoms with van der Waals surface area (Å²) in [6.07, 6.45) is 6.88. The Morgan fingerprint density at radius 2 is 2.00 bits per heavy atom. The number of amides is 1. The summed E-state index contributed by atoms with van der Waals surface area (Å²) in [5.74, 6) is 0.997. The Bertz CT molecular complexity index is 213. The van der Waals surface area contributed by atoms with Crippen LogP contribution < -0.4 is 0 Å². The molecule has 1 saturated heterocycles. The smallest absolute Gasteiger partial charge is 0.222 e. The van der Waals surface area contributed by atoms with Crippen LogP contribution in [0.1, 0.15) is 38.5 Å². The van der Waals surface area contributed by atoms with Crippen LogP contribution in [0.5, 0.6) is 0 Å². The highest BCUT2D eigenvalue weighted by molar-refractivity contribution is 6.21. The molecule has 0 N–H and O–H groups in total. The number of hydrogen-bond donors (Lipinski definition) is 0. The van der Waals surface area contributed by atoms with Crippen molar-refractivity contribution in [2.45, 2.75) is 43.9 Å². The number of likely N-dealkylation sites (tertiary alicyclic amines) is 1. The summed E-state index contributed by atoms with van der Waals surface area (Å²) >= 11 is 5.97. The van der Waals surface area contributed by atoms with Crippen LogP contribution in [0, 0.1) is 5.92 Å². The van der Waals surface area contributed by atoms with Gasteiger partial charge in [-0.3, -0.25) is 4.79 Å². The zero-order valence-corrected chi connectivity index (χ0v) is 9.30. The number of halogens is 1. The fourth-order valence-corrected chi connectivity index (χ4v) is 2.80. The van der Waals surface area contributed by atoms with Crippen molar-refractivity contribution < 1.29 is 4.79 Å². The second-order valence-electron chi connectivity index (χ2n) is 4.58. The van der Waals surface area contributed by atoms with Crippen LogP contribution in [0.2, 0.25) is 0 Å². The Labute approximate surface area is 90.6 Å². The predicted molar refractivity (Wildman–Crippen MR) is 57.4 cm³/mol. The lowest BCUT2D eigenvalue weighted by atomic mass is 10.0. The first-order valence-electron chi connectivity index (χ1n) is 5.67. The lowest BCUT2D eigenvalue weighted by Crippen LogP contribution is -2.30. The molecule has 0 aromatic rings. The van der Waals surface area contributed by atoms with Crippen LogP contribution in [0.15, 0.2) is 0 Å². The van der Waals surface area contributed by atoms with Crippen molar-refractivity contribution in [1.82, 2.24) is 4.90 Å². The van der Waals surface area contributed by atoms with Gasteiger partial charge in [-0.15, -0.1) is 11.6 Å². The Balaban J connectivity index is 1.77. The van der Waals surface area contributed by atoms with E-state index in [1.54, 1.807) is 0 Å². The number of nitrogens with zero attached hydrogens (tertiary/aromatic N) is 1. The number of alkyl halides is 1. The molecule has 2 aliphatic rings. The second kappa shape index (κ2) is 4.52. The zero-order chi connectivity index (χ0) is 9.97. The molecular weight excluding hydrogens is 198 g/mol. The molecule has 3 heteroatoms. The normalized spacial score (nSPS) is 28.6. The van der Waals surface area contributed by atoms with Gasteiger partial charge in [-0.05, 0) is 25.2 Å². The summed E-state index contributed by atoms with van der Waals surface area (Å²) in [4.78, 5) is 13.8. The van der Waals surface area contributed by atoms with Crippen molar-refractivity contribution in [3.05, 3.63) is 0 Å². The molecule has 80 valence electrons. The maximum Gasteiger partial charge on any atom is 0.222 e. The van der Waals surface area contributed by atoms with E-state index in [1.807, 2.05) is 4.90 Å². The fraction of sp³-hybridized carbons (Fsp3) is 0.909. The SMILES string of the molecule is O=C(CC1CCCC1)N1CCC(Cl)C1. The van der Waals surface area contributed by atoms with Crippen LogP contribution in [0.4, 0.5) is 0 Å². The molecule has 2 rings (SSSR count). The van der Waals surface area contributed by atoms with E-state index in [0.29, 0.717) is 11.8 Å². The largest absolute Gasteiger partial charge is 0.341 e. The minimum Gasteiger partial charge on any atom is -0.341 e. The third-order valence-electron chi connectivity index (χ3n) is 3.42. The van der Waals surface area contributed by atoms with Crippen molar-refractivity contribution >= 4 is 17.5 Å². The van der Waals surface area contributed by atoms with E-state index in [1.165, 1.54) is 25.7 Å². The molecule has 2 nitrogen and oxygen atoms in total. The molecule has 0 bridgehead atoms. The van der Waals surface area contributed by atoms with Gasteiger partial charge in [0.1, 0.15) is 0 Å². The fourth-order valence-electron chi connectivity index (χ4n) is 2.53. The van der Waals surface area contributed by atoms with Gasteiger partial charge in [-0.25, -0.2) is 0 Å². The average Bonchev–Trinajstić information content (AvgIpc) is 2.75. The summed E-state index contributed by atoms with van der Waals surface area (Å²) in [5.41, 5.74) is 0. The molecule has 1 aliphatic carbocycles. The van der Waals surface area contributed by atoms with E-state index < -0.39 is 0 Å². The first kappa shape index (κ1) is 10.3. The first-order valence-corrected chi connectivity index (χ1v) is 6.11. The molecule has 14 heavy (non-hydrogen) atoms. The van der Waals surface area contributed by atoms with Gasteiger partial charge in [0.15, 0.2) is 0 Å². The van der Waals surface area contributed by atoms with E-state index in [-0.39, 0.29) is 5.38 Å². The lowest BCUT2D eigenvalue weighted by molar-refractivity contribution is -0.131. The molecule has 2 fully saturated rings. The Morgan fingerprint density at radius 3 is 2.57 bits per heavy atom. The molecule has 1 atom stereocenters. The minimum atomic E-state index is 0.197. The van der Waals surface area contributed by atoms with Gasteiger partial charge >= 0.3 is 0 Å². The average molecular weight is 216 g/mol. The molecule has 1 heterocycles. The predicted octanol–water partition coefficient (Wildman–Crippen LogP) is 2.41. The topological polar surface area (TPSA) is 20.3 Å². The molecule has 0 aromatic carbocycles. The molecule has 0 radical (unpaired) electrons. The highest BCUT2D eigenvalue weighted by atomic mass is 35.5. The molecule has 1 aliphatic heterocycles. The van der Waals surface area contributed by atoms with Crippen LogP contribution in [0.25, 0.3) is 0 Å². The van der Waals surface area contributed by atoms with Crippen LogP contribution >= 0.6 is 11.6 Å². The van der Waals surface area contributed by atoms with Crippen molar-refractivity contribution in [1.29, 1.82) is 0 Å². The molecular formula is C11H18ClNO.